The van der Waals surface area contributed by atoms with E-state index in [1.165, 1.54) is 87.6 Å². The summed E-state index contributed by atoms with van der Waals surface area (Å²) in [6, 6.07) is 28.4. The average Bonchev–Trinajstić information content (AvgIpc) is 1.54. The van der Waals surface area contributed by atoms with Crippen LogP contribution < -0.4 is 27.6 Å². The summed E-state index contributed by atoms with van der Waals surface area (Å²) in [5.74, 6) is 3.99. The Hall–Kier alpha value is -8.39. The molecule has 0 spiro atoms. The van der Waals surface area contributed by atoms with Gasteiger partial charge in [0.1, 0.15) is 80.7 Å². The highest BCUT2D eigenvalue weighted by molar-refractivity contribution is 7.93. The Bertz CT molecular complexity index is 3660. The minimum atomic E-state index is -4.31. The molecular formula is C58H72N12O12S2Si2. The first kappa shape index (κ1) is 65.2. The fourth-order valence-electron chi connectivity index (χ4n) is 8.88. The summed E-state index contributed by atoms with van der Waals surface area (Å²) in [5, 5.41) is 55.6. The number of hydrogen-bond acceptors (Lipinski definition) is 20. The van der Waals surface area contributed by atoms with Crippen LogP contribution in [0.2, 0.25) is 51.4 Å². The second-order valence-electron chi connectivity index (χ2n) is 22.5. The monoisotopic (exact) mass is 1250 g/mol. The largest absolute Gasteiger partial charge is 0.494 e. The lowest BCUT2D eigenvalue weighted by molar-refractivity contribution is 0.170. The van der Waals surface area contributed by atoms with Crippen molar-refractivity contribution in [2.24, 2.45) is 0 Å². The highest BCUT2D eigenvalue weighted by Crippen LogP contribution is 2.43. The summed E-state index contributed by atoms with van der Waals surface area (Å²) in [6.45, 7) is 19.4. The van der Waals surface area contributed by atoms with E-state index in [9.17, 15) is 27.0 Å². The van der Waals surface area contributed by atoms with Gasteiger partial charge in [-0.25, -0.2) is 25.4 Å². The SMILES string of the molecule is COc1cccc(OC)c1-n1c(-c2ccc(C)o2)nnc1N(CC[Si](C)(C)C)S(=O)(=O)[C@@H](C)[C@@H](O)c1ccc(C#N)cn1.COc1cccc(OC)c1-n1c(-c2ccc(C)o2)nnc1N(CC[Si](C)(C)C)S(=O)(=O)[C@H](C)[C@H](O)c1ccc(C#N)cn1. The molecule has 0 saturated carbocycles. The Kier molecular flexibility index (Phi) is 20.4. The summed E-state index contributed by atoms with van der Waals surface area (Å²) in [5.41, 5.74) is 1.60. The first-order valence-corrected chi connectivity index (χ1v) is 37.6. The average molecular weight is 1250 g/mol. The molecule has 6 aromatic heterocycles. The van der Waals surface area contributed by atoms with Crippen molar-refractivity contribution in [2.75, 3.05) is 50.1 Å². The van der Waals surface area contributed by atoms with Gasteiger partial charge in [0.15, 0.2) is 11.5 Å². The molecule has 0 aliphatic rings. The number of sulfonamides is 2. The number of methoxy groups -OCH3 is 4. The molecule has 456 valence electrons. The van der Waals surface area contributed by atoms with Crippen molar-refractivity contribution >= 4 is 48.1 Å². The van der Waals surface area contributed by atoms with E-state index >= 15 is 0 Å². The first-order chi connectivity index (χ1) is 40.6. The molecule has 2 aromatic carbocycles. The zero-order chi connectivity index (χ0) is 63.1. The minimum Gasteiger partial charge on any atom is -0.494 e. The maximum absolute atomic E-state index is 14.5. The fraction of sp³-hybridized carbons (Fsp3) is 0.379. The maximum atomic E-state index is 14.5. The number of nitrogens with zero attached hydrogens (tertiary/aromatic N) is 12. The lowest BCUT2D eigenvalue weighted by Crippen LogP contribution is -2.44. The van der Waals surface area contributed by atoms with E-state index in [4.69, 9.17) is 38.3 Å². The Balaban J connectivity index is 0.000000246. The molecule has 0 saturated heterocycles. The Morgan fingerprint density at radius 1 is 0.547 bits per heavy atom. The van der Waals surface area contributed by atoms with Crippen molar-refractivity contribution in [2.45, 2.75) is 102 Å². The van der Waals surface area contributed by atoms with Gasteiger partial charge in [0, 0.05) is 41.6 Å². The number of nitriles is 2. The van der Waals surface area contributed by atoms with E-state index in [-0.39, 0.29) is 48.0 Å². The van der Waals surface area contributed by atoms with Gasteiger partial charge in [-0.15, -0.1) is 20.4 Å². The molecule has 2 N–H and O–H groups in total. The molecule has 0 unspecified atom stereocenters. The second-order valence-corrected chi connectivity index (χ2v) is 38.2. The summed E-state index contributed by atoms with van der Waals surface area (Å²) >= 11 is 0. The third kappa shape index (κ3) is 14.3. The van der Waals surface area contributed by atoms with Crippen molar-refractivity contribution in [1.82, 2.24) is 39.5 Å². The van der Waals surface area contributed by atoms with Gasteiger partial charge < -0.3 is 38.0 Å². The van der Waals surface area contributed by atoms with Crippen molar-refractivity contribution in [3.05, 3.63) is 131 Å². The maximum Gasteiger partial charge on any atom is 0.246 e. The number of hydrogen-bond donors (Lipinski definition) is 2. The number of furan rings is 2. The van der Waals surface area contributed by atoms with Gasteiger partial charge in [0.05, 0.1) is 51.0 Å². The van der Waals surface area contributed by atoms with Crippen LogP contribution in [0, 0.1) is 36.5 Å². The van der Waals surface area contributed by atoms with Crippen LogP contribution in [0.1, 0.15) is 60.1 Å². The molecule has 0 radical (unpaired) electrons. The smallest absolute Gasteiger partial charge is 0.246 e. The van der Waals surface area contributed by atoms with E-state index in [1.54, 1.807) is 83.6 Å². The van der Waals surface area contributed by atoms with E-state index in [0.717, 1.165) is 0 Å². The zero-order valence-electron chi connectivity index (χ0n) is 50.5. The van der Waals surface area contributed by atoms with Gasteiger partial charge in [-0.3, -0.25) is 19.1 Å². The number of ether oxygens (including phenoxy) is 4. The first-order valence-electron chi connectivity index (χ1n) is 27.2. The Morgan fingerprint density at radius 3 is 1.14 bits per heavy atom. The highest BCUT2D eigenvalue weighted by atomic mass is 32.2. The van der Waals surface area contributed by atoms with E-state index in [0.29, 0.717) is 80.6 Å². The lowest BCUT2D eigenvalue weighted by Gasteiger charge is -2.31. The van der Waals surface area contributed by atoms with E-state index < -0.39 is 58.9 Å². The van der Waals surface area contributed by atoms with Gasteiger partial charge in [-0.1, -0.05) is 51.4 Å². The Morgan fingerprint density at radius 2 is 0.884 bits per heavy atom. The molecule has 0 aliphatic heterocycles. The quantitative estimate of drug-likeness (QED) is 0.0532. The van der Waals surface area contributed by atoms with Crippen LogP contribution in [-0.4, -0.2) is 135 Å². The van der Waals surface area contributed by atoms with Crippen LogP contribution in [-0.2, 0) is 20.0 Å². The van der Waals surface area contributed by atoms with E-state index in [2.05, 4.69) is 69.6 Å². The lowest BCUT2D eigenvalue weighted by atomic mass is 10.1. The molecule has 86 heavy (non-hydrogen) atoms. The number of anilines is 2. The van der Waals surface area contributed by atoms with Crippen LogP contribution >= 0.6 is 0 Å². The summed E-state index contributed by atoms with van der Waals surface area (Å²) in [7, 11) is -6.19. The Labute approximate surface area is 503 Å². The topological polar surface area (TPSA) is 313 Å². The molecule has 0 amide bonds. The van der Waals surface area contributed by atoms with Crippen molar-refractivity contribution < 1.29 is 54.8 Å². The summed E-state index contributed by atoms with van der Waals surface area (Å²) in [4.78, 5) is 8.26. The van der Waals surface area contributed by atoms with Gasteiger partial charge in [0.2, 0.25) is 43.6 Å². The molecule has 8 aromatic rings. The van der Waals surface area contributed by atoms with Crippen LogP contribution in [0.25, 0.3) is 34.5 Å². The minimum absolute atomic E-state index is 0.0167. The number of aliphatic hydroxyl groups excluding tert-OH is 2. The molecule has 28 heteroatoms. The molecular weight excluding hydrogens is 1180 g/mol. The second kappa shape index (κ2) is 26.9. The number of benzene rings is 2. The van der Waals surface area contributed by atoms with E-state index in [1.807, 2.05) is 12.1 Å². The van der Waals surface area contributed by atoms with Crippen LogP contribution in [0.15, 0.2) is 106 Å². The third-order valence-electron chi connectivity index (χ3n) is 13.9. The normalized spacial score (nSPS) is 13.3. The van der Waals surface area contributed by atoms with Gasteiger partial charge in [-0.05, 0) is 113 Å². The number of aromatic nitrogens is 8. The summed E-state index contributed by atoms with van der Waals surface area (Å²) in [6.07, 6.45) is -0.389. The number of rotatable bonds is 24. The fourth-order valence-corrected chi connectivity index (χ4v) is 14.1. The molecule has 0 bridgehead atoms. The van der Waals surface area contributed by atoms with Gasteiger partial charge in [-0.2, -0.15) is 10.5 Å². The predicted molar refractivity (Wildman–Crippen MR) is 329 cm³/mol. The van der Waals surface area contributed by atoms with Crippen LogP contribution in [0.5, 0.6) is 23.0 Å². The molecule has 8 rings (SSSR count). The predicted octanol–water partition coefficient (Wildman–Crippen LogP) is 9.43. The number of aryl methyl sites for hydroxylation is 2. The van der Waals surface area contributed by atoms with Gasteiger partial charge >= 0.3 is 0 Å². The van der Waals surface area contributed by atoms with Crippen molar-refractivity contribution in [3.63, 3.8) is 0 Å². The molecule has 4 atom stereocenters. The highest BCUT2D eigenvalue weighted by Gasteiger charge is 2.42. The zero-order valence-corrected chi connectivity index (χ0v) is 54.2. The molecule has 24 nitrogen and oxygen atoms in total. The number of pyridine rings is 2. The standard InChI is InChI=1S/2C29H36N6O6SSi/c2*1-19-11-14-25(41-19)28-32-33-29(35(28)26-23(39-3)9-8-10-24(26)40-4)34(15-16-43(5,6)7)42(37,38)20(2)27(36)22-13-12-21(17-30)18-31-22/h2*8-14,18,20,27,36H,15-16H2,1-7H3/t2*20-,27+/m10/s1. The molecule has 0 aliphatic carbocycles. The number of para-hydroxylation sites is 2. The summed E-state index contributed by atoms with van der Waals surface area (Å²) < 4.78 is 97.9. The molecule has 0 fully saturated rings. The third-order valence-corrected chi connectivity index (χ3v) is 21.7. The molecule has 6 heterocycles. The van der Waals surface area contributed by atoms with Crippen LogP contribution in [0.4, 0.5) is 11.9 Å². The van der Waals surface area contributed by atoms with Gasteiger partial charge in [0.25, 0.3) is 0 Å². The van der Waals surface area contributed by atoms with Crippen molar-refractivity contribution in [3.8, 4) is 69.7 Å². The number of aliphatic hydroxyl groups is 2. The van der Waals surface area contributed by atoms with Crippen molar-refractivity contribution in [1.29, 1.82) is 10.5 Å². The van der Waals surface area contributed by atoms with Crippen LogP contribution in [0.3, 0.4) is 0 Å².